The van der Waals surface area contributed by atoms with Crippen LogP contribution in [0.1, 0.15) is 37.8 Å². The van der Waals surface area contributed by atoms with Gasteiger partial charge in [0.2, 0.25) is 0 Å². The molecule has 0 saturated carbocycles. The normalized spacial score (nSPS) is 11.5. The Morgan fingerprint density at radius 3 is 2.00 bits per heavy atom. The lowest BCUT2D eigenvalue weighted by Gasteiger charge is -2.17. The number of imidazole rings is 2. The minimum atomic E-state index is -0.979. The van der Waals surface area contributed by atoms with Gasteiger partial charge in [-0.05, 0) is 36.0 Å². The van der Waals surface area contributed by atoms with E-state index in [0.29, 0.717) is 18.7 Å². The Kier molecular flexibility index (Phi) is 10.00. The zero-order chi connectivity index (χ0) is 26.8. The highest BCUT2D eigenvalue weighted by atomic mass is 16.6. The predicted molar refractivity (Wildman–Crippen MR) is 123 cm³/mol. The van der Waals surface area contributed by atoms with E-state index in [4.69, 9.17) is 4.74 Å². The van der Waals surface area contributed by atoms with E-state index in [9.17, 15) is 34.6 Å². The standard InChI is InChI=1S/C20H28N8O8/c1-4-36-20(31)15(24-17(30)12-26-14(3)23-10-19(26)28(34)35)7-5-6-8-21-16(29)11-25-13(2)22-9-18(25)27(32)33/h9-10,15H,4-8,11-12H2,1-3H3,(H,21,29)(H,24,30). The lowest BCUT2D eigenvalue weighted by molar-refractivity contribution is -0.392. The third-order valence-electron chi connectivity index (χ3n) is 5.19. The fourth-order valence-electron chi connectivity index (χ4n) is 3.37. The Bertz CT molecular complexity index is 1130. The highest BCUT2D eigenvalue weighted by Gasteiger charge is 2.26. The van der Waals surface area contributed by atoms with Crippen molar-refractivity contribution >= 4 is 29.4 Å². The van der Waals surface area contributed by atoms with Crippen LogP contribution in [0, 0.1) is 34.1 Å². The van der Waals surface area contributed by atoms with Gasteiger partial charge in [-0.1, -0.05) is 0 Å². The summed E-state index contributed by atoms with van der Waals surface area (Å²) >= 11 is 0. The summed E-state index contributed by atoms with van der Waals surface area (Å²) in [6.45, 7) is 4.38. The molecule has 0 fully saturated rings. The molecule has 36 heavy (non-hydrogen) atoms. The number of unbranched alkanes of at least 4 members (excludes halogenated alkanes) is 1. The molecule has 1 atom stereocenters. The summed E-state index contributed by atoms with van der Waals surface area (Å²) in [5.41, 5.74) is 0. The molecule has 0 aliphatic rings. The quantitative estimate of drug-likeness (QED) is 0.157. The number of aromatic nitrogens is 4. The summed E-state index contributed by atoms with van der Waals surface area (Å²) in [5, 5.41) is 27.3. The maximum Gasteiger partial charge on any atom is 0.343 e. The van der Waals surface area contributed by atoms with Gasteiger partial charge in [0.1, 0.15) is 18.4 Å². The van der Waals surface area contributed by atoms with Crippen LogP contribution in [0.4, 0.5) is 11.6 Å². The number of esters is 1. The van der Waals surface area contributed by atoms with Crippen LogP contribution in [-0.2, 0) is 32.2 Å². The van der Waals surface area contributed by atoms with Crippen molar-refractivity contribution in [2.75, 3.05) is 13.2 Å². The summed E-state index contributed by atoms with van der Waals surface area (Å²) in [6, 6.07) is -0.979. The molecule has 0 radical (unpaired) electrons. The van der Waals surface area contributed by atoms with Crippen LogP contribution in [0.2, 0.25) is 0 Å². The van der Waals surface area contributed by atoms with Crippen molar-refractivity contribution < 1.29 is 29.0 Å². The Balaban J connectivity index is 1.85. The van der Waals surface area contributed by atoms with Gasteiger partial charge in [0.15, 0.2) is 24.7 Å². The maximum atomic E-state index is 12.5. The van der Waals surface area contributed by atoms with Crippen LogP contribution < -0.4 is 10.6 Å². The van der Waals surface area contributed by atoms with Crippen molar-refractivity contribution in [2.24, 2.45) is 0 Å². The zero-order valence-electron chi connectivity index (χ0n) is 20.1. The molecule has 0 aromatic carbocycles. The van der Waals surface area contributed by atoms with E-state index >= 15 is 0 Å². The first kappa shape index (κ1) is 27.9. The molecule has 2 heterocycles. The molecule has 0 aliphatic carbocycles. The summed E-state index contributed by atoms with van der Waals surface area (Å²) in [4.78, 5) is 65.5. The van der Waals surface area contributed by atoms with E-state index in [1.54, 1.807) is 13.8 Å². The van der Waals surface area contributed by atoms with Crippen molar-refractivity contribution in [3.05, 3.63) is 44.3 Å². The van der Waals surface area contributed by atoms with Crippen LogP contribution in [0.15, 0.2) is 12.4 Å². The molecule has 2 N–H and O–H groups in total. The number of rotatable bonds is 14. The second-order valence-electron chi connectivity index (χ2n) is 7.73. The molecule has 16 nitrogen and oxygen atoms in total. The van der Waals surface area contributed by atoms with Crippen LogP contribution in [0.5, 0.6) is 0 Å². The molecule has 2 rings (SSSR count). The number of aryl methyl sites for hydroxylation is 2. The first-order valence-electron chi connectivity index (χ1n) is 11.1. The number of nitrogens with one attached hydrogen (secondary N) is 2. The van der Waals surface area contributed by atoms with Gasteiger partial charge in [-0.2, -0.15) is 0 Å². The fourth-order valence-corrected chi connectivity index (χ4v) is 3.37. The molecule has 0 aliphatic heterocycles. The molecule has 0 saturated heterocycles. The Labute approximate surface area is 205 Å². The molecule has 2 aromatic rings. The smallest absolute Gasteiger partial charge is 0.343 e. The highest BCUT2D eigenvalue weighted by Crippen LogP contribution is 2.14. The van der Waals surface area contributed by atoms with E-state index < -0.39 is 40.2 Å². The Hall–Kier alpha value is -4.37. The van der Waals surface area contributed by atoms with Crippen LogP contribution >= 0.6 is 0 Å². The topological polar surface area (TPSA) is 206 Å². The first-order valence-corrected chi connectivity index (χ1v) is 11.1. The number of hydrogen-bond acceptors (Lipinski definition) is 10. The van der Waals surface area contributed by atoms with E-state index in [1.165, 1.54) is 11.5 Å². The molecule has 196 valence electrons. The van der Waals surface area contributed by atoms with Crippen molar-refractivity contribution in [3.8, 4) is 0 Å². The number of carbonyl (C=O) groups excluding carboxylic acids is 3. The Morgan fingerprint density at radius 1 is 0.972 bits per heavy atom. The van der Waals surface area contributed by atoms with E-state index in [2.05, 4.69) is 20.6 Å². The van der Waals surface area contributed by atoms with Crippen molar-refractivity contribution in [1.82, 2.24) is 29.7 Å². The van der Waals surface area contributed by atoms with Gasteiger partial charge in [0, 0.05) is 20.4 Å². The lowest BCUT2D eigenvalue weighted by Crippen LogP contribution is -2.43. The lowest BCUT2D eigenvalue weighted by atomic mass is 10.1. The monoisotopic (exact) mass is 508 g/mol. The maximum absolute atomic E-state index is 12.5. The van der Waals surface area contributed by atoms with Crippen molar-refractivity contribution in [2.45, 2.75) is 59.2 Å². The third-order valence-corrected chi connectivity index (χ3v) is 5.19. The summed E-state index contributed by atoms with van der Waals surface area (Å²) in [5.74, 6) is -1.73. The van der Waals surface area contributed by atoms with Gasteiger partial charge in [-0.25, -0.2) is 23.9 Å². The van der Waals surface area contributed by atoms with Crippen molar-refractivity contribution in [3.63, 3.8) is 0 Å². The van der Waals surface area contributed by atoms with Gasteiger partial charge >= 0.3 is 17.6 Å². The molecule has 2 amide bonds. The zero-order valence-corrected chi connectivity index (χ0v) is 20.1. The average molecular weight is 508 g/mol. The summed E-state index contributed by atoms with van der Waals surface area (Å²) in [7, 11) is 0. The Morgan fingerprint density at radius 2 is 1.50 bits per heavy atom. The minimum Gasteiger partial charge on any atom is -0.464 e. The molecular formula is C20H28N8O8. The molecule has 1 unspecified atom stereocenters. The van der Waals surface area contributed by atoms with Crippen LogP contribution in [-0.4, -0.2) is 65.9 Å². The fraction of sp³-hybridized carbons (Fsp3) is 0.550. The number of ether oxygens (including phenoxy) is 1. The van der Waals surface area contributed by atoms with Crippen molar-refractivity contribution in [1.29, 1.82) is 0 Å². The molecule has 0 spiro atoms. The van der Waals surface area contributed by atoms with E-state index in [1.807, 2.05) is 0 Å². The number of hydrogen-bond donors (Lipinski definition) is 2. The predicted octanol–water partition coefficient (Wildman–Crippen LogP) is 0.547. The van der Waals surface area contributed by atoms with E-state index in [-0.39, 0.29) is 43.6 Å². The van der Waals surface area contributed by atoms with Gasteiger partial charge in [0.25, 0.3) is 11.8 Å². The van der Waals surface area contributed by atoms with Crippen LogP contribution in [0.3, 0.4) is 0 Å². The molecule has 16 heteroatoms. The van der Waals surface area contributed by atoms with E-state index in [0.717, 1.165) is 17.0 Å². The SMILES string of the molecule is CCOC(=O)C(CCCCNC(=O)Cn1c([N+](=O)[O-])cnc1C)NC(=O)Cn1c([N+](=O)[O-])cnc1C. The molecule has 2 aromatic heterocycles. The number of carbonyl (C=O) groups is 3. The van der Waals surface area contributed by atoms with Gasteiger partial charge in [-0.3, -0.25) is 9.59 Å². The second kappa shape index (κ2) is 12.9. The van der Waals surface area contributed by atoms with Gasteiger partial charge in [0.05, 0.1) is 6.61 Å². The van der Waals surface area contributed by atoms with Gasteiger partial charge in [-0.15, -0.1) is 0 Å². The van der Waals surface area contributed by atoms with Gasteiger partial charge < -0.3 is 35.6 Å². The minimum absolute atomic E-state index is 0.104. The largest absolute Gasteiger partial charge is 0.464 e. The highest BCUT2D eigenvalue weighted by molar-refractivity contribution is 5.84. The third kappa shape index (κ3) is 7.57. The first-order chi connectivity index (χ1) is 17.0. The average Bonchev–Trinajstić information content (AvgIpc) is 3.35. The second-order valence-corrected chi connectivity index (χ2v) is 7.73. The summed E-state index contributed by atoms with van der Waals surface area (Å²) in [6.07, 6.45) is 3.22. The molecule has 0 bridgehead atoms. The summed E-state index contributed by atoms with van der Waals surface area (Å²) < 4.78 is 7.32. The molecular weight excluding hydrogens is 480 g/mol. The number of amides is 2. The van der Waals surface area contributed by atoms with Crippen LogP contribution in [0.25, 0.3) is 0 Å². The number of nitro groups is 2. The number of nitrogens with zero attached hydrogens (tertiary/aromatic N) is 6.